The molecule has 1 heterocycles. The third kappa shape index (κ3) is 4.00. The van der Waals surface area contributed by atoms with E-state index in [0.29, 0.717) is 0 Å². The smallest absolute Gasteiger partial charge is 0.122 e. The zero-order chi connectivity index (χ0) is 12.8. The van der Waals surface area contributed by atoms with E-state index in [1.807, 2.05) is 0 Å². The van der Waals surface area contributed by atoms with Crippen LogP contribution in [-0.2, 0) is 12.8 Å². The standard InChI is InChI=1S/C15H24N2O/c1-17(2)10-3-8-16-9-6-13-4-5-15-14(12-13)7-11-18-15/h4-5,12,16H,3,6-11H2,1-2H3. The second-order valence-electron chi connectivity index (χ2n) is 5.20. The number of hydrogen-bond acceptors (Lipinski definition) is 3. The van der Waals surface area contributed by atoms with Crippen LogP contribution in [0.3, 0.4) is 0 Å². The average molecular weight is 248 g/mol. The second-order valence-corrected chi connectivity index (χ2v) is 5.20. The number of hydrogen-bond donors (Lipinski definition) is 1. The van der Waals surface area contributed by atoms with Crippen LogP contribution in [0.1, 0.15) is 17.5 Å². The molecule has 0 radical (unpaired) electrons. The fourth-order valence-corrected chi connectivity index (χ4v) is 2.27. The Balaban J connectivity index is 1.65. The van der Waals surface area contributed by atoms with E-state index in [1.54, 1.807) is 0 Å². The van der Waals surface area contributed by atoms with Crippen LogP contribution in [0.15, 0.2) is 18.2 Å². The lowest BCUT2D eigenvalue weighted by molar-refractivity contribution is 0.357. The minimum Gasteiger partial charge on any atom is -0.493 e. The van der Waals surface area contributed by atoms with Gasteiger partial charge in [-0.1, -0.05) is 12.1 Å². The summed E-state index contributed by atoms with van der Waals surface area (Å²) in [5.41, 5.74) is 2.79. The molecule has 0 saturated carbocycles. The van der Waals surface area contributed by atoms with Crippen LogP contribution in [0.5, 0.6) is 5.75 Å². The molecule has 3 nitrogen and oxygen atoms in total. The molecule has 0 spiro atoms. The molecule has 3 heteroatoms. The lowest BCUT2D eigenvalue weighted by Crippen LogP contribution is -2.23. The van der Waals surface area contributed by atoms with Gasteiger partial charge >= 0.3 is 0 Å². The van der Waals surface area contributed by atoms with Gasteiger partial charge in [-0.15, -0.1) is 0 Å². The number of nitrogens with one attached hydrogen (secondary N) is 1. The topological polar surface area (TPSA) is 24.5 Å². The predicted molar refractivity (Wildman–Crippen MR) is 75.4 cm³/mol. The Hall–Kier alpha value is -1.06. The predicted octanol–water partition coefficient (Wildman–Crippen LogP) is 1.71. The van der Waals surface area contributed by atoms with E-state index in [1.165, 1.54) is 17.5 Å². The van der Waals surface area contributed by atoms with Crippen molar-refractivity contribution >= 4 is 0 Å². The normalized spacial score (nSPS) is 13.7. The maximum atomic E-state index is 5.51. The molecule has 0 saturated heterocycles. The third-order valence-electron chi connectivity index (χ3n) is 3.30. The van der Waals surface area contributed by atoms with Crippen molar-refractivity contribution in [2.45, 2.75) is 19.3 Å². The first-order valence-corrected chi connectivity index (χ1v) is 6.86. The Bertz CT molecular complexity index is 377. The van der Waals surface area contributed by atoms with Gasteiger partial charge in [0.2, 0.25) is 0 Å². The summed E-state index contributed by atoms with van der Waals surface area (Å²) in [5.74, 6) is 1.08. The Morgan fingerprint density at radius 3 is 3.00 bits per heavy atom. The summed E-state index contributed by atoms with van der Waals surface area (Å²) in [6.07, 6.45) is 3.39. The molecular weight excluding hydrogens is 224 g/mol. The van der Waals surface area contributed by atoms with Crippen molar-refractivity contribution in [3.8, 4) is 5.75 Å². The molecule has 1 aliphatic rings. The van der Waals surface area contributed by atoms with Crippen molar-refractivity contribution in [1.29, 1.82) is 0 Å². The number of fused-ring (bicyclic) bond motifs is 1. The summed E-state index contributed by atoms with van der Waals surface area (Å²) in [6, 6.07) is 6.60. The van der Waals surface area contributed by atoms with E-state index >= 15 is 0 Å². The lowest BCUT2D eigenvalue weighted by atomic mass is 10.1. The van der Waals surface area contributed by atoms with Gasteiger partial charge in [-0.25, -0.2) is 0 Å². The molecule has 18 heavy (non-hydrogen) atoms. The van der Waals surface area contributed by atoms with E-state index in [9.17, 15) is 0 Å². The Morgan fingerprint density at radius 1 is 1.28 bits per heavy atom. The molecule has 100 valence electrons. The largest absolute Gasteiger partial charge is 0.493 e. The highest BCUT2D eigenvalue weighted by Gasteiger charge is 2.11. The summed E-state index contributed by atoms with van der Waals surface area (Å²) in [4.78, 5) is 2.22. The van der Waals surface area contributed by atoms with E-state index in [0.717, 1.165) is 44.8 Å². The molecule has 0 aliphatic carbocycles. The van der Waals surface area contributed by atoms with Crippen molar-refractivity contribution < 1.29 is 4.74 Å². The van der Waals surface area contributed by atoms with Gasteiger partial charge in [-0.05, 0) is 63.8 Å². The van der Waals surface area contributed by atoms with Gasteiger partial charge in [0.15, 0.2) is 0 Å². The van der Waals surface area contributed by atoms with Crippen LogP contribution in [0, 0.1) is 0 Å². The first-order chi connectivity index (χ1) is 8.75. The highest BCUT2D eigenvalue weighted by atomic mass is 16.5. The molecule has 1 aromatic rings. The minimum atomic E-state index is 0.849. The summed E-state index contributed by atoms with van der Waals surface area (Å²) < 4.78 is 5.51. The monoisotopic (exact) mass is 248 g/mol. The number of benzene rings is 1. The lowest BCUT2D eigenvalue weighted by Gasteiger charge is -2.10. The van der Waals surface area contributed by atoms with Gasteiger partial charge in [-0.3, -0.25) is 0 Å². The van der Waals surface area contributed by atoms with Crippen LogP contribution < -0.4 is 10.1 Å². The molecule has 0 unspecified atom stereocenters. The zero-order valence-corrected chi connectivity index (χ0v) is 11.5. The molecular formula is C15H24N2O. The van der Waals surface area contributed by atoms with E-state index in [4.69, 9.17) is 4.74 Å². The molecule has 2 rings (SSSR count). The van der Waals surface area contributed by atoms with Crippen molar-refractivity contribution in [3.05, 3.63) is 29.3 Å². The molecule has 0 bridgehead atoms. The third-order valence-corrected chi connectivity index (χ3v) is 3.30. The SMILES string of the molecule is CN(C)CCCNCCc1ccc2c(c1)CCO2. The highest BCUT2D eigenvalue weighted by Crippen LogP contribution is 2.25. The fourth-order valence-electron chi connectivity index (χ4n) is 2.27. The molecule has 0 fully saturated rings. The van der Waals surface area contributed by atoms with Gasteiger partial charge in [0.25, 0.3) is 0 Å². The van der Waals surface area contributed by atoms with Crippen LogP contribution in [0.25, 0.3) is 0 Å². The quantitative estimate of drug-likeness (QED) is 0.743. The highest BCUT2D eigenvalue weighted by molar-refractivity contribution is 5.39. The van der Waals surface area contributed by atoms with Gasteiger partial charge in [0.1, 0.15) is 5.75 Å². The first-order valence-electron chi connectivity index (χ1n) is 6.86. The zero-order valence-electron chi connectivity index (χ0n) is 11.5. The van der Waals surface area contributed by atoms with Crippen molar-refractivity contribution in [2.24, 2.45) is 0 Å². The summed E-state index contributed by atoms with van der Waals surface area (Å²) in [6.45, 7) is 4.17. The average Bonchev–Trinajstić information content (AvgIpc) is 2.80. The van der Waals surface area contributed by atoms with E-state index in [-0.39, 0.29) is 0 Å². The maximum Gasteiger partial charge on any atom is 0.122 e. The molecule has 1 aliphatic heterocycles. The molecule has 0 amide bonds. The minimum absolute atomic E-state index is 0.849. The number of nitrogens with zero attached hydrogens (tertiary/aromatic N) is 1. The van der Waals surface area contributed by atoms with Gasteiger partial charge < -0.3 is 15.0 Å². The van der Waals surface area contributed by atoms with Crippen molar-refractivity contribution in [3.63, 3.8) is 0 Å². The summed E-state index contributed by atoms with van der Waals surface area (Å²) in [5, 5.41) is 3.50. The number of rotatable bonds is 7. The fraction of sp³-hybridized carbons (Fsp3) is 0.600. The van der Waals surface area contributed by atoms with Crippen molar-refractivity contribution in [2.75, 3.05) is 40.3 Å². The summed E-state index contributed by atoms with van der Waals surface area (Å²) in [7, 11) is 4.24. The van der Waals surface area contributed by atoms with E-state index in [2.05, 4.69) is 42.5 Å². The van der Waals surface area contributed by atoms with Crippen LogP contribution in [-0.4, -0.2) is 45.2 Å². The van der Waals surface area contributed by atoms with Gasteiger partial charge in [0.05, 0.1) is 6.61 Å². The maximum absolute atomic E-state index is 5.51. The summed E-state index contributed by atoms with van der Waals surface area (Å²) >= 11 is 0. The molecule has 0 atom stereocenters. The molecule has 1 N–H and O–H groups in total. The van der Waals surface area contributed by atoms with Crippen molar-refractivity contribution in [1.82, 2.24) is 10.2 Å². The van der Waals surface area contributed by atoms with E-state index < -0.39 is 0 Å². The Kier molecular flexibility index (Phi) is 5.02. The Labute approximate surface area is 110 Å². The second kappa shape index (κ2) is 6.76. The molecule has 1 aromatic carbocycles. The first kappa shape index (κ1) is 13.4. The van der Waals surface area contributed by atoms with Crippen LogP contribution in [0.2, 0.25) is 0 Å². The van der Waals surface area contributed by atoms with Crippen LogP contribution in [0.4, 0.5) is 0 Å². The van der Waals surface area contributed by atoms with Gasteiger partial charge in [0, 0.05) is 6.42 Å². The molecule has 0 aromatic heterocycles. The van der Waals surface area contributed by atoms with Gasteiger partial charge in [-0.2, -0.15) is 0 Å². The Morgan fingerprint density at radius 2 is 2.17 bits per heavy atom. The number of ether oxygens (including phenoxy) is 1. The van der Waals surface area contributed by atoms with Crippen LogP contribution >= 0.6 is 0 Å².